The highest BCUT2D eigenvalue weighted by molar-refractivity contribution is 7.20. The van der Waals surface area contributed by atoms with E-state index in [1.54, 1.807) is 11.7 Å². The number of hydrogen-bond donors (Lipinski definition) is 0. The molecule has 7 heteroatoms. The lowest BCUT2D eigenvalue weighted by Crippen LogP contribution is -2.40. The molecule has 0 saturated heterocycles. The normalized spacial score (nSPS) is 13.9. The fourth-order valence-electron chi connectivity index (χ4n) is 3.62. The predicted octanol–water partition coefficient (Wildman–Crippen LogP) is 3.01. The average molecular weight is 413 g/mol. The molecule has 0 unspecified atom stereocenters. The molecule has 0 spiro atoms. The summed E-state index contributed by atoms with van der Waals surface area (Å²) in [4.78, 5) is 40.3. The molecule has 3 aromatic rings. The SMILES string of the molecule is COCCn1c(=O)n(CCc2ccccc2)c(=O)c2c(C)c(C(=O)C3CC3)sc21. The highest BCUT2D eigenvalue weighted by Gasteiger charge is 2.33. The topological polar surface area (TPSA) is 70.3 Å². The van der Waals surface area contributed by atoms with Gasteiger partial charge in [-0.05, 0) is 37.3 Å². The van der Waals surface area contributed by atoms with Crippen LogP contribution in [0.2, 0.25) is 0 Å². The van der Waals surface area contributed by atoms with E-state index in [1.807, 2.05) is 37.3 Å². The maximum Gasteiger partial charge on any atom is 0.332 e. The van der Waals surface area contributed by atoms with Crippen LogP contribution < -0.4 is 11.2 Å². The Kier molecular flexibility index (Phi) is 5.52. The van der Waals surface area contributed by atoms with E-state index >= 15 is 0 Å². The largest absolute Gasteiger partial charge is 0.383 e. The van der Waals surface area contributed by atoms with E-state index in [1.165, 1.54) is 15.9 Å². The van der Waals surface area contributed by atoms with Gasteiger partial charge in [0, 0.05) is 19.6 Å². The number of carbonyl (C=O) groups is 1. The van der Waals surface area contributed by atoms with Gasteiger partial charge < -0.3 is 4.74 Å². The van der Waals surface area contributed by atoms with Gasteiger partial charge in [-0.15, -0.1) is 11.3 Å². The number of ether oxygens (including phenoxy) is 1. The first-order chi connectivity index (χ1) is 14.0. The monoisotopic (exact) mass is 412 g/mol. The molecule has 1 aliphatic rings. The minimum Gasteiger partial charge on any atom is -0.383 e. The summed E-state index contributed by atoms with van der Waals surface area (Å²) in [6.07, 6.45) is 2.40. The van der Waals surface area contributed by atoms with Crippen LogP contribution in [-0.4, -0.2) is 28.6 Å². The molecule has 2 heterocycles. The Balaban J connectivity index is 1.84. The Morgan fingerprint density at radius 3 is 2.52 bits per heavy atom. The van der Waals surface area contributed by atoms with E-state index in [4.69, 9.17) is 4.74 Å². The number of hydrogen-bond acceptors (Lipinski definition) is 5. The smallest absolute Gasteiger partial charge is 0.332 e. The molecule has 4 rings (SSSR count). The van der Waals surface area contributed by atoms with Crippen molar-refractivity contribution in [2.24, 2.45) is 5.92 Å². The number of ketones is 1. The molecule has 0 radical (unpaired) electrons. The zero-order valence-electron chi connectivity index (χ0n) is 16.6. The summed E-state index contributed by atoms with van der Waals surface area (Å²) in [6, 6.07) is 9.78. The number of Topliss-reactive ketones (excluding diaryl/α,β-unsaturated/α-hetero) is 1. The predicted molar refractivity (Wildman–Crippen MR) is 114 cm³/mol. The van der Waals surface area contributed by atoms with Gasteiger partial charge in [0.05, 0.1) is 23.4 Å². The van der Waals surface area contributed by atoms with Crippen LogP contribution in [0.4, 0.5) is 0 Å². The van der Waals surface area contributed by atoms with Gasteiger partial charge in [-0.1, -0.05) is 30.3 Å². The molecule has 29 heavy (non-hydrogen) atoms. The number of aromatic nitrogens is 2. The van der Waals surface area contributed by atoms with Crippen LogP contribution in [0.25, 0.3) is 10.2 Å². The fraction of sp³-hybridized carbons (Fsp3) is 0.409. The van der Waals surface area contributed by atoms with Crippen LogP contribution >= 0.6 is 11.3 Å². The van der Waals surface area contributed by atoms with Gasteiger partial charge in [0.1, 0.15) is 4.83 Å². The van der Waals surface area contributed by atoms with Crippen LogP contribution in [0, 0.1) is 12.8 Å². The Bertz CT molecular complexity index is 1170. The molecule has 1 aromatic carbocycles. The molecule has 0 amide bonds. The van der Waals surface area contributed by atoms with Crippen LogP contribution in [-0.2, 0) is 24.2 Å². The van der Waals surface area contributed by atoms with Crippen molar-refractivity contribution in [2.45, 2.75) is 39.3 Å². The van der Waals surface area contributed by atoms with Gasteiger partial charge in [-0.25, -0.2) is 4.79 Å². The zero-order chi connectivity index (χ0) is 20.5. The number of aryl methyl sites for hydroxylation is 2. The van der Waals surface area contributed by atoms with E-state index < -0.39 is 0 Å². The highest BCUT2D eigenvalue weighted by atomic mass is 32.1. The number of rotatable bonds is 8. The quantitative estimate of drug-likeness (QED) is 0.533. The number of thiophene rings is 1. The molecule has 1 fully saturated rings. The number of nitrogens with zero attached hydrogens (tertiary/aromatic N) is 2. The van der Waals surface area contributed by atoms with E-state index in [2.05, 4.69) is 0 Å². The van der Waals surface area contributed by atoms with Gasteiger partial charge >= 0.3 is 5.69 Å². The first-order valence-corrected chi connectivity index (χ1v) is 10.7. The van der Waals surface area contributed by atoms with Crippen LogP contribution in [0.3, 0.4) is 0 Å². The third kappa shape index (κ3) is 3.72. The molecule has 1 saturated carbocycles. The summed E-state index contributed by atoms with van der Waals surface area (Å²) in [5.41, 5.74) is 1.11. The maximum atomic E-state index is 13.3. The Morgan fingerprint density at radius 1 is 1.14 bits per heavy atom. The molecule has 0 atom stereocenters. The summed E-state index contributed by atoms with van der Waals surface area (Å²) in [7, 11) is 1.58. The second-order valence-corrected chi connectivity index (χ2v) is 8.49. The minimum atomic E-state index is -0.345. The Morgan fingerprint density at radius 2 is 1.86 bits per heavy atom. The van der Waals surface area contributed by atoms with Gasteiger partial charge in [0.2, 0.25) is 0 Å². The van der Waals surface area contributed by atoms with Crippen LogP contribution in [0.5, 0.6) is 0 Å². The second-order valence-electron chi connectivity index (χ2n) is 7.49. The third-order valence-corrected chi connectivity index (χ3v) is 6.78. The van der Waals surface area contributed by atoms with Crippen molar-refractivity contribution in [3.05, 3.63) is 67.2 Å². The van der Waals surface area contributed by atoms with Crippen molar-refractivity contribution in [2.75, 3.05) is 13.7 Å². The molecular formula is C22H24N2O4S. The zero-order valence-corrected chi connectivity index (χ0v) is 17.5. The number of methoxy groups -OCH3 is 1. The lowest BCUT2D eigenvalue weighted by Gasteiger charge is -2.12. The van der Waals surface area contributed by atoms with Crippen molar-refractivity contribution in [3.63, 3.8) is 0 Å². The van der Waals surface area contributed by atoms with Gasteiger partial charge in [0.25, 0.3) is 5.56 Å². The van der Waals surface area contributed by atoms with Gasteiger partial charge in [0.15, 0.2) is 5.78 Å². The Hall–Kier alpha value is -2.51. The molecule has 152 valence electrons. The van der Waals surface area contributed by atoms with Gasteiger partial charge in [-0.3, -0.25) is 18.7 Å². The number of carbonyl (C=O) groups excluding carboxylic acids is 1. The van der Waals surface area contributed by atoms with Crippen molar-refractivity contribution in [1.29, 1.82) is 0 Å². The van der Waals surface area contributed by atoms with Crippen molar-refractivity contribution in [1.82, 2.24) is 9.13 Å². The first-order valence-electron chi connectivity index (χ1n) is 9.86. The lowest BCUT2D eigenvalue weighted by molar-refractivity contribution is 0.0971. The fourth-order valence-corrected chi connectivity index (χ4v) is 4.96. The highest BCUT2D eigenvalue weighted by Crippen LogP contribution is 2.37. The second kappa shape index (κ2) is 8.08. The lowest BCUT2D eigenvalue weighted by atomic mass is 10.1. The summed E-state index contributed by atoms with van der Waals surface area (Å²) >= 11 is 1.27. The number of fused-ring (bicyclic) bond motifs is 1. The van der Waals surface area contributed by atoms with E-state index in [0.717, 1.165) is 18.4 Å². The van der Waals surface area contributed by atoms with E-state index in [-0.39, 0.29) is 23.0 Å². The summed E-state index contributed by atoms with van der Waals surface area (Å²) in [5.74, 6) is 0.172. The minimum absolute atomic E-state index is 0.0706. The molecular weight excluding hydrogens is 388 g/mol. The molecule has 0 N–H and O–H groups in total. The van der Waals surface area contributed by atoms with Gasteiger partial charge in [-0.2, -0.15) is 0 Å². The van der Waals surface area contributed by atoms with Crippen molar-refractivity contribution < 1.29 is 9.53 Å². The van der Waals surface area contributed by atoms with Crippen LogP contribution in [0.1, 0.15) is 33.6 Å². The maximum absolute atomic E-state index is 13.3. The third-order valence-electron chi connectivity index (χ3n) is 5.45. The standard InChI is InChI=1S/C22H24N2O4S/c1-14-17-20(26)23(11-10-15-6-4-3-5-7-15)22(27)24(12-13-28-2)21(17)29-19(14)18(25)16-8-9-16/h3-7,16H,8-13H2,1-2H3. The van der Waals surface area contributed by atoms with Crippen molar-refractivity contribution in [3.8, 4) is 0 Å². The van der Waals surface area contributed by atoms with E-state index in [0.29, 0.717) is 46.8 Å². The molecule has 1 aliphatic carbocycles. The van der Waals surface area contributed by atoms with Crippen LogP contribution in [0.15, 0.2) is 39.9 Å². The number of benzene rings is 1. The van der Waals surface area contributed by atoms with Crippen molar-refractivity contribution >= 4 is 27.3 Å². The first kappa shape index (κ1) is 19.8. The summed E-state index contributed by atoms with van der Waals surface area (Å²) in [6.45, 7) is 2.82. The summed E-state index contributed by atoms with van der Waals surface area (Å²) in [5, 5.41) is 0.489. The molecule has 0 bridgehead atoms. The Labute approximate surface area is 172 Å². The molecule has 0 aliphatic heterocycles. The molecule has 6 nitrogen and oxygen atoms in total. The molecule has 2 aromatic heterocycles. The summed E-state index contributed by atoms with van der Waals surface area (Å²) < 4.78 is 8.06. The average Bonchev–Trinajstić information content (AvgIpc) is 3.51. The van der Waals surface area contributed by atoms with E-state index in [9.17, 15) is 14.4 Å².